The van der Waals surface area contributed by atoms with Gasteiger partial charge in [0, 0.05) is 12.1 Å². The van der Waals surface area contributed by atoms with Gasteiger partial charge in [0.25, 0.3) is 11.6 Å². The Labute approximate surface area is 179 Å². The molecule has 0 bridgehead atoms. The van der Waals surface area contributed by atoms with Crippen molar-refractivity contribution in [2.24, 2.45) is 5.92 Å². The van der Waals surface area contributed by atoms with Gasteiger partial charge in [-0.05, 0) is 30.5 Å². The number of halogens is 1. The lowest BCUT2D eigenvalue weighted by molar-refractivity contribution is -0.384. The van der Waals surface area contributed by atoms with Gasteiger partial charge in [-0.3, -0.25) is 14.9 Å². The molecule has 0 radical (unpaired) electrons. The van der Waals surface area contributed by atoms with Gasteiger partial charge < -0.3 is 14.8 Å². The Bertz CT molecular complexity index is 931. The molecule has 1 N–H and O–H groups in total. The normalized spacial score (nSPS) is 11.6. The highest BCUT2D eigenvalue weighted by Gasteiger charge is 2.27. The lowest BCUT2D eigenvalue weighted by atomic mass is 10.0. The lowest BCUT2D eigenvalue weighted by Gasteiger charge is -2.21. The fraction of sp³-hybridized carbons (Fsp3) is 0.333. The van der Waals surface area contributed by atoms with Gasteiger partial charge >= 0.3 is 5.97 Å². The fourth-order valence-electron chi connectivity index (χ4n) is 2.62. The largest absolute Gasteiger partial charge is 0.490 e. The van der Waals surface area contributed by atoms with Crippen LogP contribution in [0.4, 0.5) is 5.69 Å². The molecule has 0 aliphatic heterocycles. The van der Waals surface area contributed by atoms with Crippen molar-refractivity contribution in [1.82, 2.24) is 5.32 Å². The van der Waals surface area contributed by atoms with E-state index in [-0.39, 0.29) is 35.4 Å². The van der Waals surface area contributed by atoms with Crippen LogP contribution in [0.1, 0.15) is 29.8 Å². The van der Waals surface area contributed by atoms with Crippen LogP contribution in [0, 0.1) is 23.0 Å². The third-order valence-electron chi connectivity index (χ3n) is 4.29. The highest BCUT2D eigenvalue weighted by atomic mass is 35.5. The maximum absolute atomic E-state index is 12.5. The van der Waals surface area contributed by atoms with Gasteiger partial charge in [-0.25, -0.2) is 4.79 Å². The minimum atomic E-state index is -0.915. The molecule has 0 saturated carbocycles. The summed E-state index contributed by atoms with van der Waals surface area (Å²) < 4.78 is 10.8. The number of ether oxygens (including phenoxy) is 2. The number of benzene rings is 2. The van der Waals surface area contributed by atoms with Crippen molar-refractivity contribution < 1.29 is 24.0 Å². The molecule has 2 aromatic carbocycles. The number of non-ortho nitro benzene ring substituents is 1. The second-order valence-electron chi connectivity index (χ2n) is 6.90. The van der Waals surface area contributed by atoms with Crippen LogP contribution in [-0.4, -0.2) is 36.1 Å². The van der Waals surface area contributed by atoms with E-state index in [1.165, 1.54) is 12.1 Å². The average Bonchev–Trinajstić information content (AvgIpc) is 2.69. The molecule has 1 atom stereocenters. The van der Waals surface area contributed by atoms with E-state index < -0.39 is 22.8 Å². The zero-order chi connectivity index (χ0) is 22.3. The first-order chi connectivity index (χ1) is 14.2. The number of esters is 1. The first kappa shape index (κ1) is 23.2. The summed E-state index contributed by atoms with van der Waals surface area (Å²) in [6.45, 7) is 5.62. The van der Waals surface area contributed by atoms with E-state index in [1.54, 1.807) is 13.8 Å². The molecule has 0 aliphatic carbocycles. The molecule has 2 aromatic rings. The second-order valence-corrected chi connectivity index (χ2v) is 7.31. The van der Waals surface area contributed by atoms with Crippen molar-refractivity contribution in [3.05, 3.63) is 68.7 Å². The van der Waals surface area contributed by atoms with Crippen LogP contribution >= 0.6 is 11.6 Å². The Morgan fingerprint density at radius 2 is 1.87 bits per heavy atom. The number of nitrogens with one attached hydrogen (secondary N) is 1. The number of hydrogen-bond donors (Lipinski definition) is 1. The molecule has 2 rings (SSSR count). The highest BCUT2D eigenvalue weighted by molar-refractivity contribution is 6.34. The monoisotopic (exact) mass is 434 g/mol. The van der Waals surface area contributed by atoms with Gasteiger partial charge in [0.05, 0.1) is 15.5 Å². The average molecular weight is 435 g/mol. The predicted molar refractivity (Wildman–Crippen MR) is 112 cm³/mol. The molecule has 0 aromatic heterocycles. The number of rotatable bonds is 9. The van der Waals surface area contributed by atoms with E-state index in [1.807, 2.05) is 31.2 Å². The Hall–Kier alpha value is -3.13. The minimum Gasteiger partial charge on any atom is -0.490 e. The van der Waals surface area contributed by atoms with Crippen LogP contribution in [0.5, 0.6) is 5.75 Å². The van der Waals surface area contributed by atoms with Crippen molar-refractivity contribution >= 4 is 29.2 Å². The van der Waals surface area contributed by atoms with E-state index in [9.17, 15) is 19.7 Å². The third-order valence-corrected chi connectivity index (χ3v) is 4.61. The summed E-state index contributed by atoms with van der Waals surface area (Å²) in [6, 6.07) is 10.1. The van der Waals surface area contributed by atoms with Crippen LogP contribution in [-0.2, 0) is 9.53 Å². The molecule has 0 spiro atoms. The molecule has 160 valence electrons. The number of carbonyl (C=O) groups excluding carboxylic acids is 2. The SMILES string of the molecule is Cc1ccccc1OCCOC(=O)[C@@H](NC(=O)c1ccc([N+](=O)[O-])cc1Cl)C(C)C. The summed E-state index contributed by atoms with van der Waals surface area (Å²) in [4.78, 5) is 35.2. The summed E-state index contributed by atoms with van der Waals surface area (Å²) in [6.07, 6.45) is 0. The standard InChI is InChI=1S/C21H23ClN2O6/c1-13(2)19(21(26)30-11-10-29-18-7-5-4-6-14(18)3)23-20(25)16-9-8-15(24(27)28)12-17(16)22/h4-9,12-13,19H,10-11H2,1-3H3,(H,23,25)/t19-/m0/s1. The van der Waals surface area contributed by atoms with Crippen molar-refractivity contribution in [3.63, 3.8) is 0 Å². The van der Waals surface area contributed by atoms with Crippen molar-refractivity contribution in [3.8, 4) is 5.75 Å². The molecule has 0 fully saturated rings. The molecule has 9 heteroatoms. The third kappa shape index (κ3) is 6.18. The smallest absolute Gasteiger partial charge is 0.329 e. The Kier molecular flexibility index (Phi) is 8.17. The molecule has 1 amide bonds. The van der Waals surface area contributed by atoms with E-state index in [2.05, 4.69) is 5.32 Å². The molecule has 30 heavy (non-hydrogen) atoms. The lowest BCUT2D eigenvalue weighted by Crippen LogP contribution is -2.45. The topological polar surface area (TPSA) is 108 Å². The Morgan fingerprint density at radius 1 is 1.17 bits per heavy atom. The summed E-state index contributed by atoms with van der Waals surface area (Å²) in [7, 11) is 0. The fourth-order valence-corrected chi connectivity index (χ4v) is 2.88. The first-order valence-corrected chi connectivity index (χ1v) is 9.68. The van der Waals surface area contributed by atoms with Gasteiger partial charge in [-0.2, -0.15) is 0 Å². The summed E-state index contributed by atoms with van der Waals surface area (Å²) in [5, 5.41) is 13.3. The van der Waals surface area contributed by atoms with Gasteiger partial charge in [0.2, 0.25) is 0 Å². The van der Waals surface area contributed by atoms with Crippen LogP contribution in [0.2, 0.25) is 5.02 Å². The molecular formula is C21H23ClN2O6. The van der Waals surface area contributed by atoms with E-state index in [4.69, 9.17) is 21.1 Å². The van der Waals surface area contributed by atoms with Crippen molar-refractivity contribution in [2.45, 2.75) is 26.8 Å². The molecule has 0 aliphatic rings. The number of amides is 1. The van der Waals surface area contributed by atoms with Crippen LogP contribution < -0.4 is 10.1 Å². The van der Waals surface area contributed by atoms with Gasteiger partial charge in [0.1, 0.15) is 25.0 Å². The maximum atomic E-state index is 12.5. The highest BCUT2D eigenvalue weighted by Crippen LogP contribution is 2.23. The quantitative estimate of drug-likeness (QED) is 0.277. The second kappa shape index (κ2) is 10.6. The van der Waals surface area contributed by atoms with Gasteiger partial charge in [-0.1, -0.05) is 43.6 Å². The predicted octanol–water partition coefficient (Wildman–Crippen LogP) is 3.93. The van der Waals surface area contributed by atoms with Crippen LogP contribution in [0.3, 0.4) is 0 Å². The first-order valence-electron chi connectivity index (χ1n) is 9.30. The number of hydrogen-bond acceptors (Lipinski definition) is 6. The molecule has 0 unspecified atom stereocenters. The summed E-state index contributed by atoms with van der Waals surface area (Å²) in [5.41, 5.74) is 0.768. The van der Waals surface area contributed by atoms with E-state index in [0.717, 1.165) is 11.6 Å². The zero-order valence-electron chi connectivity index (χ0n) is 16.9. The van der Waals surface area contributed by atoms with Gasteiger partial charge in [0.15, 0.2) is 0 Å². The molecule has 8 nitrogen and oxygen atoms in total. The number of para-hydroxylation sites is 1. The number of aryl methyl sites for hydroxylation is 1. The molecular weight excluding hydrogens is 412 g/mol. The van der Waals surface area contributed by atoms with Crippen molar-refractivity contribution in [2.75, 3.05) is 13.2 Å². The number of nitro benzene ring substituents is 1. The minimum absolute atomic E-state index is 0.0184. The Morgan fingerprint density at radius 3 is 2.47 bits per heavy atom. The maximum Gasteiger partial charge on any atom is 0.329 e. The van der Waals surface area contributed by atoms with E-state index in [0.29, 0.717) is 5.75 Å². The van der Waals surface area contributed by atoms with Gasteiger partial charge in [-0.15, -0.1) is 0 Å². The van der Waals surface area contributed by atoms with Crippen molar-refractivity contribution in [1.29, 1.82) is 0 Å². The summed E-state index contributed by atoms with van der Waals surface area (Å²) in [5.74, 6) is -0.780. The molecule has 0 saturated heterocycles. The number of carbonyl (C=O) groups is 2. The Balaban J connectivity index is 1.94. The molecule has 0 heterocycles. The van der Waals surface area contributed by atoms with E-state index >= 15 is 0 Å². The van der Waals surface area contributed by atoms with Crippen LogP contribution in [0.15, 0.2) is 42.5 Å². The number of nitro groups is 1. The number of nitrogens with zero attached hydrogens (tertiary/aromatic N) is 1. The zero-order valence-corrected chi connectivity index (χ0v) is 17.6. The summed E-state index contributed by atoms with van der Waals surface area (Å²) >= 11 is 5.99. The van der Waals surface area contributed by atoms with Crippen LogP contribution in [0.25, 0.3) is 0 Å².